The summed E-state index contributed by atoms with van der Waals surface area (Å²) in [5.41, 5.74) is 3.72. The Morgan fingerprint density at radius 3 is 2.36 bits per heavy atom. The molecule has 4 rings (SSSR count). The molecule has 0 amide bonds. The number of nitrogens with zero attached hydrogens (tertiary/aromatic N) is 1. The molecule has 0 aliphatic carbocycles. The van der Waals surface area contributed by atoms with Gasteiger partial charge in [0, 0.05) is 34.8 Å². The van der Waals surface area contributed by atoms with Gasteiger partial charge in [-0.2, -0.15) is 0 Å². The van der Waals surface area contributed by atoms with E-state index in [9.17, 15) is 9.90 Å². The van der Waals surface area contributed by atoms with Crippen molar-refractivity contribution in [2.75, 3.05) is 0 Å². The molecule has 1 unspecified atom stereocenters. The van der Waals surface area contributed by atoms with Crippen molar-refractivity contribution < 1.29 is 9.90 Å². The fraction of sp³-hybridized carbons (Fsp3) is 0.240. The molecule has 0 fully saturated rings. The minimum Gasteiger partial charge on any atom is -0.393 e. The SMILES string of the molecule is Cc1ccc(C(=O)c2cn(CCCC(C)O)c3ccccc23)c2ccccc12. The lowest BCUT2D eigenvalue weighted by atomic mass is 9.95. The molecule has 0 bridgehead atoms. The van der Waals surface area contributed by atoms with Crippen molar-refractivity contribution in [3.63, 3.8) is 0 Å². The average Bonchev–Trinajstić information content (AvgIpc) is 3.07. The molecular formula is C25H25NO2. The van der Waals surface area contributed by atoms with Crippen molar-refractivity contribution in [1.82, 2.24) is 4.57 Å². The number of hydrogen-bond donors (Lipinski definition) is 1. The van der Waals surface area contributed by atoms with Gasteiger partial charge in [0.15, 0.2) is 5.78 Å². The Hall–Kier alpha value is -2.91. The minimum atomic E-state index is -0.304. The lowest BCUT2D eigenvalue weighted by molar-refractivity contribution is 0.104. The Morgan fingerprint density at radius 1 is 0.929 bits per heavy atom. The Morgan fingerprint density at radius 2 is 1.61 bits per heavy atom. The van der Waals surface area contributed by atoms with Gasteiger partial charge < -0.3 is 9.67 Å². The second kappa shape index (κ2) is 7.61. The van der Waals surface area contributed by atoms with Crippen LogP contribution in [0.2, 0.25) is 0 Å². The van der Waals surface area contributed by atoms with Gasteiger partial charge in [-0.25, -0.2) is 0 Å². The maximum atomic E-state index is 13.5. The Balaban J connectivity index is 1.79. The first-order chi connectivity index (χ1) is 13.6. The van der Waals surface area contributed by atoms with Gasteiger partial charge in [0.2, 0.25) is 0 Å². The van der Waals surface area contributed by atoms with E-state index in [-0.39, 0.29) is 11.9 Å². The Bertz CT molecular complexity index is 1150. The van der Waals surface area contributed by atoms with E-state index in [1.54, 1.807) is 0 Å². The van der Waals surface area contributed by atoms with E-state index in [0.717, 1.165) is 52.2 Å². The van der Waals surface area contributed by atoms with Crippen molar-refractivity contribution in [1.29, 1.82) is 0 Å². The monoisotopic (exact) mass is 371 g/mol. The number of fused-ring (bicyclic) bond motifs is 2. The number of aryl methyl sites for hydroxylation is 2. The first-order valence-electron chi connectivity index (χ1n) is 9.85. The van der Waals surface area contributed by atoms with Gasteiger partial charge in [0.25, 0.3) is 0 Å². The number of aromatic nitrogens is 1. The highest BCUT2D eigenvalue weighted by molar-refractivity contribution is 6.21. The van der Waals surface area contributed by atoms with Crippen molar-refractivity contribution in [3.8, 4) is 0 Å². The molecule has 0 aliphatic rings. The lowest BCUT2D eigenvalue weighted by Gasteiger charge is -2.08. The summed E-state index contributed by atoms with van der Waals surface area (Å²) in [6.07, 6.45) is 3.29. The van der Waals surface area contributed by atoms with Crippen LogP contribution in [0, 0.1) is 6.92 Å². The second-order valence-corrected chi connectivity index (χ2v) is 7.55. The Labute approximate surface area is 165 Å². The van der Waals surface area contributed by atoms with Gasteiger partial charge in [-0.1, -0.05) is 54.6 Å². The zero-order valence-electron chi connectivity index (χ0n) is 16.4. The molecule has 3 heteroatoms. The predicted molar refractivity (Wildman–Crippen MR) is 115 cm³/mol. The van der Waals surface area contributed by atoms with E-state index in [0.29, 0.717) is 0 Å². The first-order valence-corrected chi connectivity index (χ1v) is 9.85. The van der Waals surface area contributed by atoms with E-state index in [2.05, 4.69) is 23.6 Å². The summed E-state index contributed by atoms with van der Waals surface area (Å²) < 4.78 is 2.14. The molecule has 1 aromatic heterocycles. The number of carbonyl (C=O) groups is 1. The normalized spacial score (nSPS) is 12.5. The highest BCUT2D eigenvalue weighted by Crippen LogP contribution is 2.28. The summed E-state index contributed by atoms with van der Waals surface area (Å²) in [5.74, 6) is 0.0571. The summed E-state index contributed by atoms with van der Waals surface area (Å²) in [6.45, 7) is 4.67. The van der Waals surface area contributed by atoms with Gasteiger partial charge in [-0.3, -0.25) is 4.79 Å². The smallest absolute Gasteiger partial charge is 0.195 e. The van der Waals surface area contributed by atoms with Crippen molar-refractivity contribution >= 4 is 27.5 Å². The van der Waals surface area contributed by atoms with Crippen LogP contribution < -0.4 is 0 Å². The maximum absolute atomic E-state index is 13.5. The van der Waals surface area contributed by atoms with Crippen LogP contribution in [-0.2, 0) is 6.54 Å². The van der Waals surface area contributed by atoms with Gasteiger partial charge in [0.1, 0.15) is 0 Å². The molecule has 4 aromatic rings. The molecule has 0 saturated heterocycles. The standard InChI is InChI=1S/C25H25NO2/c1-17-13-14-22(20-10-4-3-9-19(17)20)25(28)23-16-26(15-7-8-18(2)27)24-12-6-5-11-21(23)24/h3-6,9-14,16,18,27H,7-8,15H2,1-2H3. The van der Waals surface area contributed by atoms with E-state index in [1.165, 1.54) is 5.56 Å². The summed E-state index contributed by atoms with van der Waals surface area (Å²) in [6, 6.07) is 20.1. The van der Waals surface area contributed by atoms with Gasteiger partial charge >= 0.3 is 0 Å². The van der Waals surface area contributed by atoms with E-state index < -0.39 is 0 Å². The van der Waals surface area contributed by atoms with Crippen LogP contribution in [0.15, 0.2) is 66.9 Å². The zero-order chi connectivity index (χ0) is 19.7. The summed E-state index contributed by atoms with van der Waals surface area (Å²) >= 11 is 0. The van der Waals surface area contributed by atoms with Crippen LogP contribution in [0.5, 0.6) is 0 Å². The molecule has 142 valence electrons. The molecule has 0 radical (unpaired) electrons. The molecule has 1 atom stereocenters. The molecule has 0 saturated carbocycles. The predicted octanol–water partition coefficient (Wildman–Crippen LogP) is 5.49. The third-order valence-electron chi connectivity index (χ3n) is 5.44. The third-order valence-corrected chi connectivity index (χ3v) is 5.44. The number of hydrogen-bond acceptors (Lipinski definition) is 2. The van der Waals surface area contributed by atoms with Crippen molar-refractivity contribution in [2.24, 2.45) is 0 Å². The van der Waals surface area contributed by atoms with Crippen LogP contribution in [0.1, 0.15) is 41.3 Å². The second-order valence-electron chi connectivity index (χ2n) is 7.55. The van der Waals surface area contributed by atoms with E-state index in [1.807, 2.05) is 61.7 Å². The topological polar surface area (TPSA) is 42.2 Å². The largest absolute Gasteiger partial charge is 0.393 e. The molecular weight excluding hydrogens is 346 g/mol. The first kappa shape index (κ1) is 18.5. The number of aliphatic hydroxyl groups excluding tert-OH is 1. The summed E-state index contributed by atoms with van der Waals surface area (Å²) in [5, 5.41) is 12.6. The minimum absolute atomic E-state index is 0.0571. The van der Waals surface area contributed by atoms with Crippen molar-refractivity contribution in [2.45, 2.75) is 39.3 Å². The van der Waals surface area contributed by atoms with E-state index in [4.69, 9.17) is 0 Å². The number of aliphatic hydroxyl groups is 1. The highest BCUT2D eigenvalue weighted by Gasteiger charge is 2.19. The van der Waals surface area contributed by atoms with E-state index >= 15 is 0 Å². The number of carbonyl (C=O) groups excluding carboxylic acids is 1. The average molecular weight is 371 g/mol. The maximum Gasteiger partial charge on any atom is 0.195 e. The van der Waals surface area contributed by atoms with Gasteiger partial charge in [0.05, 0.1) is 6.10 Å². The molecule has 0 aliphatic heterocycles. The number of rotatable bonds is 6. The highest BCUT2D eigenvalue weighted by atomic mass is 16.3. The number of para-hydroxylation sites is 1. The van der Waals surface area contributed by atoms with Crippen LogP contribution in [0.25, 0.3) is 21.7 Å². The fourth-order valence-corrected chi connectivity index (χ4v) is 3.96. The van der Waals surface area contributed by atoms with Crippen LogP contribution in [-0.4, -0.2) is 21.6 Å². The molecule has 3 aromatic carbocycles. The number of benzene rings is 3. The lowest BCUT2D eigenvalue weighted by Crippen LogP contribution is -2.04. The zero-order valence-corrected chi connectivity index (χ0v) is 16.4. The Kier molecular flexibility index (Phi) is 5.01. The summed E-state index contributed by atoms with van der Waals surface area (Å²) in [4.78, 5) is 13.5. The molecule has 3 nitrogen and oxygen atoms in total. The molecule has 1 heterocycles. The van der Waals surface area contributed by atoms with Gasteiger partial charge in [-0.05, 0) is 49.1 Å². The molecule has 0 spiro atoms. The van der Waals surface area contributed by atoms with Crippen LogP contribution >= 0.6 is 0 Å². The molecule has 28 heavy (non-hydrogen) atoms. The van der Waals surface area contributed by atoms with Gasteiger partial charge in [-0.15, -0.1) is 0 Å². The molecule has 1 N–H and O–H groups in total. The van der Waals surface area contributed by atoms with Crippen LogP contribution in [0.3, 0.4) is 0 Å². The quantitative estimate of drug-likeness (QED) is 0.455. The fourth-order valence-electron chi connectivity index (χ4n) is 3.96. The summed E-state index contributed by atoms with van der Waals surface area (Å²) in [7, 11) is 0. The van der Waals surface area contributed by atoms with Crippen LogP contribution in [0.4, 0.5) is 0 Å². The number of ketones is 1. The van der Waals surface area contributed by atoms with Crippen molar-refractivity contribution in [3.05, 3.63) is 83.6 Å². The third kappa shape index (κ3) is 3.34.